The number of aromatic nitrogens is 4. The Hall–Kier alpha value is -3.02. The van der Waals surface area contributed by atoms with Gasteiger partial charge in [0.15, 0.2) is 0 Å². The maximum absolute atomic E-state index is 4.80. The summed E-state index contributed by atoms with van der Waals surface area (Å²) in [6.07, 6.45) is 7.43. The standard InChI is InChI=1S/C19H20N6/c1-2-5-15(6-3-1)17-13-20-14-19(23-17)25-11-8-16(9-12-25)22-18-7-4-10-21-24-18/h1-7,10,13-14,16H,8-9,11-12H2,(H,22,24). The molecule has 0 radical (unpaired) electrons. The van der Waals surface area contributed by atoms with Crippen molar-refractivity contribution in [1.29, 1.82) is 0 Å². The minimum Gasteiger partial charge on any atom is -0.366 e. The molecule has 126 valence electrons. The fraction of sp³-hybridized carbons (Fsp3) is 0.263. The quantitative estimate of drug-likeness (QED) is 0.792. The molecule has 0 atom stereocenters. The van der Waals surface area contributed by atoms with E-state index >= 15 is 0 Å². The van der Waals surface area contributed by atoms with Crippen LogP contribution in [0.3, 0.4) is 0 Å². The monoisotopic (exact) mass is 332 g/mol. The molecular formula is C19H20N6. The molecule has 25 heavy (non-hydrogen) atoms. The smallest absolute Gasteiger partial charge is 0.148 e. The Morgan fingerprint density at radius 2 is 1.80 bits per heavy atom. The highest BCUT2D eigenvalue weighted by Crippen LogP contribution is 2.22. The van der Waals surface area contributed by atoms with Gasteiger partial charge in [0.2, 0.25) is 0 Å². The Morgan fingerprint density at radius 1 is 0.960 bits per heavy atom. The van der Waals surface area contributed by atoms with Crippen LogP contribution in [-0.2, 0) is 0 Å². The minimum absolute atomic E-state index is 0.415. The van der Waals surface area contributed by atoms with Crippen molar-refractivity contribution >= 4 is 11.6 Å². The van der Waals surface area contributed by atoms with Gasteiger partial charge in [-0.1, -0.05) is 30.3 Å². The van der Waals surface area contributed by atoms with Crippen molar-refractivity contribution in [2.45, 2.75) is 18.9 Å². The number of piperidine rings is 1. The highest BCUT2D eigenvalue weighted by molar-refractivity contribution is 5.60. The molecule has 6 nitrogen and oxygen atoms in total. The summed E-state index contributed by atoms with van der Waals surface area (Å²) < 4.78 is 0. The number of nitrogens with one attached hydrogen (secondary N) is 1. The van der Waals surface area contributed by atoms with Crippen LogP contribution in [0.25, 0.3) is 11.3 Å². The van der Waals surface area contributed by atoms with Gasteiger partial charge in [-0.15, -0.1) is 5.10 Å². The van der Waals surface area contributed by atoms with E-state index in [0.717, 1.165) is 48.8 Å². The average molecular weight is 332 g/mol. The van der Waals surface area contributed by atoms with Crippen LogP contribution in [0.15, 0.2) is 61.1 Å². The molecule has 0 bridgehead atoms. The minimum atomic E-state index is 0.415. The number of rotatable bonds is 4. The van der Waals surface area contributed by atoms with Crippen molar-refractivity contribution < 1.29 is 0 Å². The third-order valence-corrected chi connectivity index (χ3v) is 4.43. The second kappa shape index (κ2) is 7.25. The molecule has 0 saturated carbocycles. The van der Waals surface area contributed by atoms with Crippen LogP contribution in [0, 0.1) is 0 Å². The van der Waals surface area contributed by atoms with Crippen molar-refractivity contribution in [3.63, 3.8) is 0 Å². The summed E-state index contributed by atoms with van der Waals surface area (Å²) in [6.45, 7) is 1.90. The van der Waals surface area contributed by atoms with Crippen LogP contribution in [0.4, 0.5) is 11.6 Å². The Bertz CT molecular complexity index is 800. The molecule has 1 aliphatic heterocycles. The molecule has 3 aromatic rings. The zero-order valence-corrected chi connectivity index (χ0v) is 13.9. The van der Waals surface area contributed by atoms with Crippen LogP contribution < -0.4 is 10.2 Å². The van der Waals surface area contributed by atoms with Gasteiger partial charge in [-0.3, -0.25) is 4.98 Å². The van der Waals surface area contributed by atoms with Crippen LogP contribution in [0.2, 0.25) is 0 Å². The van der Waals surface area contributed by atoms with E-state index in [1.54, 1.807) is 6.20 Å². The van der Waals surface area contributed by atoms with Crippen LogP contribution in [-0.4, -0.2) is 39.3 Å². The lowest BCUT2D eigenvalue weighted by Gasteiger charge is -2.33. The molecule has 3 heterocycles. The predicted octanol–water partition coefficient (Wildman–Crippen LogP) is 3.01. The van der Waals surface area contributed by atoms with E-state index in [4.69, 9.17) is 4.98 Å². The molecule has 0 amide bonds. The van der Waals surface area contributed by atoms with E-state index < -0.39 is 0 Å². The maximum atomic E-state index is 4.80. The van der Waals surface area contributed by atoms with E-state index in [2.05, 4.69) is 37.5 Å². The Morgan fingerprint density at radius 3 is 2.56 bits per heavy atom. The Labute approximate surface area is 147 Å². The highest BCUT2D eigenvalue weighted by Gasteiger charge is 2.21. The van der Waals surface area contributed by atoms with Crippen LogP contribution in [0.1, 0.15) is 12.8 Å². The molecule has 1 fully saturated rings. The fourth-order valence-electron chi connectivity index (χ4n) is 3.10. The van der Waals surface area contributed by atoms with Crippen LogP contribution >= 0.6 is 0 Å². The van der Waals surface area contributed by atoms with E-state index in [1.807, 2.05) is 42.7 Å². The van der Waals surface area contributed by atoms with E-state index in [-0.39, 0.29) is 0 Å². The average Bonchev–Trinajstić information content (AvgIpc) is 2.70. The SMILES string of the molecule is c1ccc(-c2cncc(N3CCC(Nc4cccnn4)CC3)n2)cc1. The van der Waals surface area contributed by atoms with Gasteiger partial charge in [0.25, 0.3) is 0 Å². The highest BCUT2D eigenvalue weighted by atomic mass is 15.2. The van der Waals surface area contributed by atoms with Gasteiger partial charge in [-0.25, -0.2) is 4.98 Å². The first-order valence-corrected chi connectivity index (χ1v) is 8.55. The summed E-state index contributed by atoms with van der Waals surface area (Å²) in [5, 5.41) is 11.5. The maximum Gasteiger partial charge on any atom is 0.148 e. The van der Waals surface area contributed by atoms with Crippen LogP contribution in [0.5, 0.6) is 0 Å². The first-order valence-electron chi connectivity index (χ1n) is 8.55. The van der Waals surface area contributed by atoms with E-state index in [1.165, 1.54) is 0 Å². The molecular weight excluding hydrogens is 312 g/mol. The van der Waals surface area contributed by atoms with Crippen molar-refractivity contribution in [1.82, 2.24) is 20.2 Å². The first kappa shape index (κ1) is 15.5. The predicted molar refractivity (Wildman–Crippen MR) is 98.4 cm³/mol. The van der Waals surface area contributed by atoms with E-state index in [0.29, 0.717) is 6.04 Å². The fourth-order valence-corrected chi connectivity index (χ4v) is 3.10. The van der Waals surface area contributed by atoms with Gasteiger partial charge in [0.05, 0.1) is 18.1 Å². The van der Waals surface area contributed by atoms with Crippen molar-refractivity contribution in [2.24, 2.45) is 0 Å². The first-order chi connectivity index (χ1) is 12.4. The molecule has 1 N–H and O–H groups in total. The van der Waals surface area contributed by atoms with Gasteiger partial charge in [0.1, 0.15) is 11.6 Å². The third kappa shape index (κ3) is 3.74. The summed E-state index contributed by atoms with van der Waals surface area (Å²) >= 11 is 0. The number of hydrogen-bond donors (Lipinski definition) is 1. The van der Waals surface area contributed by atoms with E-state index in [9.17, 15) is 0 Å². The van der Waals surface area contributed by atoms with Gasteiger partial charge >= 0.3 is 0 Å². The normalized spacial score (nSPS) is 15.1. The topological polar surface area (TPSA) is 66.8 Å². The molecule has 1 saturated heterocycles. The molecule has 0 spiro atoms. The molecule has 1 aliphatic rings. The van der Waals surface area contributed by atoms with Crippen molar-refractivity contribution in [3.8, 4) is 11.3 Å². The van der Waals surface area contributed by atoms with Gasteiger partial charge in [-0.05, 0) is 25.0 Å². The summed E-state index contributed by atoms with van der Waals surface area (Å²) in [7, 11) is 0. The zero-order valence-electron chi connectivity index (χ0n) is 13.9. The second-order valence-electron chi connectivity index (χ2n) is 6.14. The summed E-state index contributed by atoms with van der Waals surface area (Å²) in [5.41, 5.74) is 2.01. The van der Waals surface area contributed by atoms with Gasteiger partial charge < -0.3 is 10.2 Å². The largest absolute Gasteiger partial charge is 0.366 e. The number of benzene rings is 1. The second-order valence-corrected chi connectivity index (χ2v) is 6.14. The molecule has 4 rings (SSSR count). The number of nitrogens with zero attached hydrogens (tertiary/aromatic N) is 5. The zero-order chi connectivity index (χ0) is 16.9. The molecule has 2 aromatic heterocycles. The molecule has 0 aliphatic carbocycles. The number of hydrogen-bond acceptors (Lipinski definition) is 6. The third-order valence-electron chi connectivity index (χ3n) is 4.43. The molecule has 0 unspecified atom stereocenters. The summed E-state index contributed by atoms with van der Waals surface area (Å²) in [4.78, 5) is 11.5. The van der Waals surface area contributed by atoms with Gasteiger partial charge in [0, 0.05) is 30.9 Å². The van der Waals surface area contributed by atoms with Gasteiger partial charge in [-0.2, -0.15) is 5.10 Å². The summed E-state index contributed by atoms with van der Waals surface area (Å²) in [6, 6.07) is 14.4. The lowest BCUT2D eigenvalue weighted by atomic mass is 10.1. The Kier molecular flexibility index (Phi) is 4.50. The molecule has 1 aromatic carbocycles. The number of anilines is 2. The van der Waals surface area contributed by atoms with Crippen molar-refractivity contribution in [3.05, 3.63) is 61.1 Å². The summed E-state index contributed by atoms with van der Waals surface area (Å²) in [5.74, 6) is 1.78. The Balaban J connectivity index is 1.41. The lowest BCUT2D eigenvalue weighted by molar-refractivity contribution is 0.521. The molecule has 6 heteroatoms. The lowest BCUT2D eigenvalue weighted by Crippen LogP contribution is -2.39. The van der Waals surface area contributed by atoms with Crippen molar-refractivity contribution in [2.75, 3.05) is 23.3 Å².